The lowest BCUT2D eigenvalue weighted by molar-refractivity contribution is -0.128. The molecule has 3 unspecified atom stereocenters. The molecule has 2 N–H and O–H groups in total. The van der Waals surface area contributed by atoms with E-state index in [1.54, 1.807) is 7.11 Å². The first-order valence-electron chi connectivity index (χ1n) is 6.79. The summed E-state index contributed by atoms with van der Waals surface area (Å²) < 4.78 is 5.33. The van der Waals surface area contributed by atoms with Gasteiger partial charge in [-0.25, -0.2) is 0 Å². The fraction of sp³-hybridized carbons (Fsp3) is 0.923. The molecule has 2 fully saturated rings. The van der Waals surface area contributed by atoms with Crippen LogP contribution in [0.3, 0.4) is 0 Å². The number of carbonyl (C=O) groups is 1. The molecule has 4 nitrogen and oxygen atoms in total. The maximum Gasteiger partial charge on any atom is 0.240 e. The summed E-state index contributed by atoms with van der Waals surface area (Å²) in [5.74, 6) is 0.194. The molecule has 3 atom stereocenters. The Balaban J connectivity index is 0.00000162. The number of rotatable bonds is 4. The Kier molecular flexibility index (Phi) is 5.89. The van der Waals surface area contributed by atoms with Crippen LogP contribution in [0.5, 0.6) is 0 Å². The van der Waals surface area contributed by atoms with Gasteiger partial charge in [0, 0.05) is 13.2 Å². The minimum Gasteiger partial charge on any atom is -0.381 e. The highest BCUT2D eigenvalue weighted by Gasteiger charge is 2.40. The highest BCUT2D eigenvalue weighted by molar-refractivity contribution is 5.87. The highest BCUT2D eigenvalue weighted by Crippen LogP contribution is 2.26. The highest BCUT2D eigenvalue weighted by atomic mass is 35.5. The molecule has 1 heterocycles. The van der Waals surface area contributed by atoms with Gasteiger partial charge in [-0.1, -0.05) is 6.92 Å². The molecule has 0 aromatic rings. The van der Waals surface area contributed by atoms with Gasteiger partial charge in [0.15, 0.2) is 0 Å². The molecule has 0 bridgehead atoms. The molecule has 1 aliphatic carbocycles. The molecule has 0 spiro atoms. The molecule has 1 saturated heterocycles. The Morgan fingerprint density at radius 1 is 1.50 bits per heavy atom. The van der Waals surface area contributed by atoms with Gasteiger partial charge in [-0.3, -0.25) is 4.79 Å². The predicted molar refractivity (Wildman–Crippen MR) is 74.1 cm³/mol. The van der Waals surface area contributed by atoms with Crippen molar-refractivity contribution in [3.05, 3.63) is 0 Å². The van der Waals surface area contributed by atoms with E-state index in [0.29, 0.717) is 12.1 Å². The van der Waals surface area contributed by atoms with Crippen LogP contribution in [0.4, 0.5) is 0 Å². The third kappa shape index (κ3) is 3.16. The van der Waals surface area contributed by atoms with Crippen molar-refractivity contribution >= 4 is 18.3 Å². The first-order chi connectivity index (χ1) is 8.20. The van der Waals surface area contributed by atoms with Gasteiger partial charge in [-0.15, -0.1) is 12.4 Å². The molecule has 2 aliphatic rings. The van der Waals surface area contributed by atoms with E-state index in [1.807, 2.05) is 0 Å². The molecule has 0 radical (unpaired) electrons. The van der Waals surface area contributed by atoms with Crippen LogP contribution in [0.25, 0.3) is 0 Å². The molecule has 0 aromatic heterocycles. The monoisotopic (exact) mass is 276 g/mol. The molecule has 106 valence electrons. The quantitative estimate of drug-likeness (QED) is 0.821. The summed E-state index contributed by atoms with van der Waals surface area (Å²) >= 11 is 0. The van der Waals surface area contributed by atoms with Crippen LogP contribution < -0.4 is 10.6 Å². The summed E-state index contributed by atoms with van der Waals surface area (Å²) in [7, 11) is 1.75. The average molecular weight is 277 g/mol. The Labute approximate surface area is 116 Å². The smallest absolute Gasteiger partial charge is 0.240 e. The van der Waals surface area contributed by atoms with Crippen molar-refractivity contribution in [1.29, 1.82) is 0 Å². The lowest BCUT2D eigenvalue weighted by atomic mass is 9.92. The maximum atomic E-state index is 12.3. The topological polar surface area (TPSA) is 50.4 Å². The van der Waals surface area contributed by atoms with Gasteiger partial charge >= 0.3 is 0 Å². The Morgan fingerprint density at radius 3 is 2.78 bits per heavy atom. The van der Waals surface area contributed by atoms with Crippen LogP contribution >= 0.6 is 12.4 Å². The van der Waals surface area contributed by atoms with E-state index in [0.717, 1.165) is 45.1 Å². The van der Waals surface area contributed by atoms with E-state index >= 15 is 0 Å². The van der Waals surface area contributed by atoms with E-state index < -0.39 is 0 Å². The summed E-state index contributed by atoms with van der Waals surface area (Å²) in [5, 5.41) is 6.57. The number of carbonyl (C=O) groups excluding carboxylic acids is 1. The maximum absolute atomic E-state index is 12.3. The Hall–Kier alpha value is -0.320. The van der Waals surface area contributed by atoms with E-state index in [9.17, 15) is 4.79 Å². The zero-order valence-corrected chi connectivity index (χ0v) is 12.1. The SMILES string of the molecule is CCC1(C(=O)NC2CCC(OC)C2)CCCN1.Cl. The fourth-order valence-electron chi connectivity index (χ4n) is 3.07. The van der Waals surface area contributed by atoms with E-state index in [1.165, 1.54) is 0 Å². The van der Waals surface area contributed by atoms with Crippen LogP contribution in [0, 0.1) is 0 Å². The van der Waals surface area contributed by atoms with Crippen molar-refractivity contribution in [2.75, 3.05) is 13.7 Å². The summed E-state index contributed by atoms with van der Waals surface area (Å²) in [6, 6.07) is 0.304. The van der Waals surface area contributed by atoms with Gasteiger partial charge in [-0.05, 0) is 45.1 Å². The third-order valence-electron chi connectivity index (χ3n) is 4.33. The molecule has 1 saturated carbocycles. The van der Waals surface area contributed by atoms with Crippen molar-refractivity contribution in [2.45, 2.75) is 63.1 Å². The molecule has 5 heteroatoms. The van der Waals surface area contributed by atoms with Gasteiger partial charge in [0.05, 0.1) is 11.6 Å². The second-order valence-electron chi connectivity index (χ2n) is 5.31. The fourth-order valence-corrected chi connectivity index (χ4v) is 3.07. The zero-order chi connectivity index (χ0) is 12.3. The van der Waals surface area contributed by atoms with Gasteiger partial charge in [0.2, 0.25) is 5.91 Å². The average Bonchev–Trinajstić information content (AvgIpc) is 2.97. The van der Waals surface area contributed by atoms with E-state index in [4.69, 9.17) is 4.74 Å². The summed E-state index contributed by atoms with van der Waals surface area (Å²) in [6.45, 7) is 3.05. The lowest BCUT2D eigenvalue weighted by Gasteiger charge is -2.28. The minimum atomic E-state index is -0.300. The van der Waals surface area contributed by atoms with E-state index in [-0.39, 0.29) is 23.9 Å². The van der Waals surface area contributed by atoms with Crippen LogP contribution in [-0.2, 0) is 9.53 Å². The number of hydrogen-bond acceptors (Lipinski definition) is 3. The molecule has 18 heavy (non-hydrogen) atoms. The normalized spacial score (nSPS) is 35.2. The van der Waals surface area contributed by atoms with Crippen LogP contribution in [0.2, 0.25) is 0 Å². The molecule has 0 aromatic carbocycles. The molecular weight excluding hydrogens is 252 g/mol. The van der Waals surface area contributed by atoms with Crippen LogP contribution in [-0.4, -0.2) is 37.2 Å². The van der Waals surface area contributed by atoms with Crippen molar-refractivity contribution in [3.63, 3.8) is 0 Å². The largest absolute Gasteiger partial charge is 0.381 e. The number of methoxy groups -OCH3 is 1. The number of amides is 1. The van der Waals surface area contributed by atoms with Gasteiger partial charge in [-0.2, -0.15) is 0 Å². The number of nitrogens with one attached hydrogen (secondary N) is 2. The molecule has 2 rings (SSSR count). The number of hydrogen-bond donors (Lipinski definition) is 2. The minimum absolute atomic E-state index is 0. The molecule has 1 amide bonds. The van der Waals surface area contributed by atoms with E-state index in [2.05, 4.69) is 17.6 Å². The summed E-state index contributed by atoms with van der Waals surface area (Å²) in [6.07, 6.45) is 6.34. The number of halogens is 1. The Morgan fingerprint density at radius 2 is 2.28 bits per heavy atom. The summed E-state index contributed by atoms with van der Waals surface area (Å²) in [5.41, 5.74) is -0.300. The standard InChI is InChI=1S/C13H24N2O2.ClH/c1-3-13(7-4-8-14-13)12(16)15-10-5-6-11(9-10)17-2;/h10-11,14H,3-9H2,1-2H3,(H,15,16);1H. The molecular formula is C13H25ClN2O2. The molecule has 1 aliphatic heterocycles. The Bertz CT molecular complexity index is 280. The third-order valence-corrected chi connectivity index (χ3v) is 4.33. The van der Waals surface area contributed by atoms with Crippen molar-refractivity contribution in [2.24, 2.45) is 0 Å². The predicted octanol–water partition coefficient (Wildman–Crippen LogP) is 1.62. The van der Waals surface area contributed by atoms with Crippen LogP contribution in [0.1, 0.15) is 45.4 Å². The summed E-state index contributed by atoms with van der Waals surface area (Å²) in [4.78, 5) is 12.3. The second-order valence-corrected chi connectivity index (χ2v) is 5.31. The second kappa shape index (κ2) is 6.73. The first-order valence-corrected chi connectivity index (χ1v) is 6.79. The van der Waals surface area contributed by atoms with Gasteiger partial charge < -0.3 is 15.4 Å². The number of ether oxygens (including phenoxy) is 1. The lowest BCUT2D eigenvalue weighted by Crippen LogP contribution is -2.55. The van der Waals surface area contributed by atoms with Crippen LogP contribution in [0.15, 0.2) is 0 Å². The zero-order valence-electron chi connectivity index (χ0n) is 11.3. The van der Waals surface area contributed by atoms with Crippen molar-refractivity contribution in [3.8, 4) is 0 Å². The van der Waals surface area contributed by atoms with Crippen molar-refractivity contribution in [1.82, 2.24) is 10.6 Å². The van der Waals surface area contributed by atoms with Gasteiger partial charge in [0.1, 0.15) is 0 Å². The first kappa shape index (κ1) is 15.7. The van der Waals surface area contributed by atoms with Crippen molar-refractivity contribution < 1.29 is 9.53 Å². The van der Waals surface area contributed by atoms with Gasteiger partial charge in [0.25, 0.3) is 0 Å².